The molecule has 3 heteroatoms. The smallest absolute Gasteiger partial charge is 0.156 e. The number of halogens is 1. The van der Waals surface area contributed by atoms with Crippen LogP contribution in [0.2, 0.25) is 0 Å². The van der Waals surface area contributed by atoms with Crippen LogP contribution in [-0.2, 0) is 4.57 Å². The van der Waals surface area contributed by atoms with E-state index in [4.69, 9.17) is 0 Å². The van der Waals surface area contributed by atoms with Crippen LogP contribution in [-0.4, -0.2) is 11.5 Å². The summed E-state index contributed by atoms with van der Waals surface area (Å²) in [6.07, 6.45) is 0.722. The number of rotatable bonds is 2. The minimum Gasteiger partial charge on any atom is -0.275 e. The van der Waals surface area contributed by atoms with E-state index in [2.05, 4.69) is 15.9 Å². The lowest BCUT2D eigenvalue weighted by Crippen LogP contribution is -1.64. The maximum atomic E-state index is 9.47. The van der Waals surface area contributed by atoms with Crippen LogP contribution >= 0.6 is 24.4 Å². The van der Waals surface area contributed by atoms with E-state index in [1.54, 1.807) is 0 Å². The maximum Gasteiger partial charge on any atom is 0.156 e. The molecule has 0 aromatic carbocycles. The first-order chi connectivity index (χ1) is 2.41. The summed E-state index contributed by atoms with van der Waals surface area (Å²) in [5.41, 5.74) is 0. The lowest BCUT2D eigenvalue weighted by atomic mass is 11.0. The van der Waals surface area contributed by atoms with Crippen LogP contribution < -0.4 is 0 Å². The molecule has 0 saturated heterocycles. The molecule has 0 aromatic rings. The highest BCUT2D eigenvalue weighted by molar-refractivity contribution is 9.09. The van der Waals surface area contributed by atoms with E-state index in [9.17, 15) is 4.57 Å². The Hall–Kier alpha value is 0.580. The van der Waals surface area contributed by atoms with Crippen LogP contribution in [0, 0.1) is 0 Å². The summed E-state index contributed by atoms with van der Waals surface area (Å²) in [7, 11) is 0.233. The van der Waals surface area contributed by atoms with Crippen molar-refractivity contribution in [3.63, 3.8) is 0 Å². The molecule has 0 spiro atoms. The highest BCUT2D eigenvalue weighted by Gasteiger charge is 1.70. The predicted octanol–water partition coefficient (Wildman–Crippen LogP) is 1.67. The summed E-state index contributed by atoms with van der Waals surface area (Å²) >= 11 is 3.10. The Morgan fingerprint density at radius 2 is 2.40 bits per heavy atom. The van der Waals surface area contributed by atoms with Crippen LogP contribution in [0.4, 0.5) is 0 Å². The summed E-state index contributed by atoms with van der Waals surface area (Å²) in [5, 5.41) is 0.831. The zero-order valence-electron chi connectivity index (χ0n) is 2.65. The van der Waals surface area contributed by atoms with Gasteiger partial charge in [0.1, 0.15) is 0 Å². The molecule has 0 amide bonds. The Kier molecular flexibility index (Phi) is 5.11. The third-order valence-electron chi connectivity index (χ3n) is 0.176. The Balaban J connectivity index is 2.40. The molecule has 0 heterocycles. The molecule has 0 saturated carbocycles. The van der Waals surface area contributed by atoms with Gasteiger partial charge in [-0.3, -0.25) is 4.57 Å². The molecule has 0 bridgehead atoms. The van der Waals surface area contributed by atoms with E-state index in [1.807, 2.05) is 0 Å². The van der Waals surface area contributed by atoms with Crippen molar-refractivity contribution in [1.29, 1.82) is 0 Å². The van der Waals surface area contributed by atoms with Crippen LogP contribution in [0.3, 0.4) is 0 Å². The fourth-order valence-electron chi connectivity index (χ4n) is 0.0345. The van der Waals surface area contributed by atoms with E-state index in [0.717, 1.165) is 11.5 Å². The zero-order chi connectivity index (χ0) is 4.12. The number of hydrogen-bond donors (Lipinski definition) is 0. The Labute approximate surface area is 41.1 Å². The second-order valence-electron chi connectivity index (χ2n) is 0.542. The Morgan fingerprint density at radius 1 is 1.80 bits per heavy atom. The van der Waals surface area contributed by atoms with Crippen molar-refractivity contribution in [2.24, 2.45) is 0 Å². The summed E-state index contributed by atoms with van der Waals surface area (Å²) < 4.78 is 9.47. The minimum absolute atomic E-state index is 0.233. The van der Waals surface area contributed by atoms with Crippen LogP contribution in [0.1, 0.15) is 0 Å². The molecule has 0 unspecified atom stereocenters. The summed E-state index contributed by atoms with van der Waals surface area (Å²) in [4.78, 5) is 0. The molecule has 0 rings (SSSR count). The maximum absolute atomic E-state index is 9.47. The predicted molar refractivity (Wildman–Crippen MR) is 26.3 cm³/mol. The van der Waals surface area contributed by atoms with Crippen molar-refractivity contribution in [3.05, 3.63) is 0 Å². The van der Waals surface area contributed by atoms with E-state index in [0.29, 0.717) is 0 Å². The number of hydrogen-bond acceptors (Lipinski definition) is 1. The van der Waals surface area contributed by atoms with Gasteiger partial charge in [-0.25, -0.2) is 0 Å². The molecule has 5 heavy (non-hydrogen) atoms. The second-order valence-corrected chi connectivity index (χ2v) is 2.04. The fraction of sp³-hybridized carbons (Fsp3) is 1.00. The Morgan fingerprint density at radius 3 is 2.40 bits per heavy atom. The third-order valence-corrected chi connectivity index (χ3v) is 1.59. The van der Waals surface area contributed by atoms with Gasteiger partial charge in [-0.1, -0.05) is 15.9 Å². The number of alkyl halides is 1. The van der Waals surface area contributed by atoms with Gasteiger partial charge < -0.3 is 0 Å². The molecule has 0 atom stereocenters. The van der Waals surface area contributed by atoms with Gasteiger partial charge in [-0.2, -0.15) is 0 Å². The summed E-state index contributed by atoms with van der Waals surface area (Å²) in [5.74, 6) is 0. The minimum atomic E-state index is 0.233. The molecule has 0 aliphatic carbocycles. The van der Waals surface area contributed by atoms with Gasteiger partial charge in [-0.05, 0) is 0 Å². The summed E-state index contributed by atoms with van der Waals surface area (Å²) in [6.45, 7) is 0. The van der Waals surface area contributed by atoms with Crippen molar-refractivity contribution in [2.45, 2.75) is 0 Å². The van der Waals surface area contributed by atoms with Crippen LogP contribution in [0.5, 0.6) is 0 Å². The first-order valence-corrected chi connectivity index (χ1v) is 3.39. The molecule has 0 N–H and O–H groups in total. The van der Waals surface area contributed by atoms with E-state index in [-0.39, 0.29) is 8.46 Å². The topological polar surface area (TPSA) is 17.1 Å². The molecule has 0 radical (unpaired) electrons. The van der Waals surface area contributed by atoms with E-state index < -0.39 is 0 Å². The van der Waals surface area contributed by atoms with Crippen LogP contribution in [0.25, 0.3) is 0 Å². The van der Waals surface area contributed by atoms with Crippen molar-refractivity contribution in [3.8, 4) is 0 Å². The van der Waals surface area contributed by atoms with Gasteiger partial charge in [0.05, 0.1) is 0 Å². The quantitative estimate of drug-likeness (QED) is 0.437. The lowest BCUT2D eigenvalue weighted by molar-refractivity contribution is 0.599. The van der Waals surface area contributed by atoms with E-state index in [1.165, 1.54) is 0 Å². The Bertz CT molecular complexity index is 30.8. The highest BCUT2D eigenvalue weighted by Crippen LogP contribution is 1.91. The molecule has 0 aliphatic rings. The molecule has 0 aliphatic heterocycles. The van der Waals surface area contributed by atoms with Crippen molar-refractivity contribution in [2.75, 3.05) is 11.5 Å². The van der Waals surface area contributed by atoms with Crippen molar-refractivity contribution < 1.29 is 4.57 Å². The molecule has 30 valence electrons. The standard InChI is InChI=1S/C2H4BrOP/c3-1-2-5-4/h1-2H2. The summed E-state index contributed by atoms with van der Waals surface area (Å²) in [6, 6.07) is 0. The van der Waals surface area contributed by atoms with Gasteiger partial charge in [0, 0.05) is 11.5 Å². The second kappa shape index (κ2) is 4.58. The first-order valence-electron chi connectivity index (χ1n) is 1.27. The average Bonchev–Trinajstić information content (AvgIpc) is 1.41. The molecular weight excluding hydrogens is 151 g/mol. The largest absolute Gasteiger partial charge is 0.275 e. The van der Waals surface area contributed by atoms with Crippen LogP contribution in [0.15, 0.2) is 0 Å². The average molecular weight is 155 g/mol. The monoisotopic (exact) mass is 154 g/mol. The molecule has 0 fully saturated rings. The van der Waals surface area contributed by atoms with Crippen molar-refractivity contribution >= 4 is 24.4 Å². The SMILES string of the molecule is O=PCCBr. The van der Waals surface area contributed by atoms with Gasteiger partial charge in [0.2, 0.25) is 0 Å². The van der Waals surface area contributed by atoms with Gasteiger partial charge in [-0.15, -0.1) is 0 Å². The highest BCUT2D eigenvalue weighted by atomic mass is 79.9. The molecule has 0 aromatic heterocycles. The van der Waals surface area contributed by atoms with Gasteiger partial charge in [0.25, 0.3) is 0 Å². The first kappa shape index (κ1) is 5.58. The third kappa shape index (κ3) is 4.58. The van der Waals surface area contributed by atoms with Gasteiger partial charge in [0.15, 0.2) is 8.46 Å². The normalized spacial score (nSPS) is 9.00. The zero-order valence-corrected chi connectivity index (χ0v) is 5.13. The fourth-order valence-corrected chi connectivity index (χ4v) is 0.538. The van der Waals surface area contributed by atoms with E-state index >= 15 is 0 Å². The molecular formula is C2H4BrOP. The lowest BCUT2D eigenvalue weighted by Gasteiger charge is -1.64. The van der Waals surface area contributed by atoms with Gasteiger partial charge >= 0.3 is 0 Å². The molecule has 1 nitrogen and oxygen atoms in total. The van der Waals surface area contributed by atoms with Crippen molar-refractivity contribution in [1.82, 2.24) is 0 Å².